The van der Waals surface area contributed by atoms with Crippen LogP contribution in [-0.2, 0) is 4.79 Å². The minimum atomic E-state index is 0.113. The molecule has 0 atom stereocenters. The van der Waals surface area contributed by atoms with Gasteiger partial charge in [-0.05, 0) is 42.2 Å². The number of carbonyl (C=O) groups excluding carboxylic acids is 1. The van der Waals surface area contributed by atoms with E-state index in [2.05, 4.69) is 24.3 Å². The van der Waals surface area contributed by atoms with Crippen molar-refractivity contribution in [2.24, 2.45) is 0 Å². The van der Waals surface area contributed by atoms with E-state index < -0.39 is 0 Å². The molecule has 0 N–H and O–H groups in total. The van der Waals surface area contributed by atoms with Gasteiger partial charge < -0.3 is 0 Å². The summed E-state index contributed by atoms with van der Waals surface area (Å²) in [6.45, 7) is 3.43. The molecule has 1 heteroatoms. The number of hydrogen-bond acceptors (Lipinski definition) is 1. The highest BCUT2D eigenvalue weighted by Gasteiger charge is 1.98. The van der Waals surface area contributed by atoms with E-state index in [1.54, 1.807) is 6.92 Å². The van der Waals surface area contributed by atoms with Crippen molar-refractivity contribution in [3.63, 3.8) is 0 Å². The number of allylic oxidation sites excluding steroid dienone is 1. The highest BCUT2D eigenvalue weighted by atomic mass is 16.1. The molecule has 18 heavy (non-hydrogen) atoms. The van der Waals surface area contributed by atoms with Crippen LogP contribution in [0.1, 0.15) is 19.4 Å². The van der Waals surface area contributed by atoms with Gasteiger partial charge in [-0.25, -0.2) is 0 Å². The fourth-order valence-electron chi connectivity index (χ4n) is 1.75. The standard InChI is InChI=1S/C17H16O/c1-13(14(2)18)12-15-8-10-17(11-9-15)16-6-4-3-5-7-16/h3-12H,1-2H3/b13-12+. The first-order valence-corrected chi connectivity index (χ1v) is 6.01. The Balaban J connectivity index is 2.26. The van der Waals surface area contributed by atoms with Gasteiger partial charge in [-0.15, -0.1) is 0 Å². The smallest absolute Gasteiger partial charge is 0.155 e. The van der Waals surface area contributed by atoms with Crippen molar-refractivity contribution in [2.45, 2.75) is 13.8 Å². The third kappa shape index (κ3) is 2.95. The molecule has 0 radical (unpaired) electrons. The third-order valence-electron chi connectivity index (χ3n) is 2.96. The van der Waals surface area contributed by atoms with Crippen LogP contribution in [0.2, 0.25) is 0 Å². The van der Waals surface area contributed by atoms with Crippen LogP contribution in [0, 0.1) is 0 Å². The summed E-state index contributed by atoms with van der Waals surface area (Å²) < 4.78 is 0. The fraction of sp³-hybridized carbons (Fsp3) is 0.118. The molecule has 0 aromatic heterocycles. The molecule has 0 heterocycles. The largest absolute Gasteiger partial charge is 0.295 e. The molecule has 2 aromatic rings. The summed E-state index contributed by atoms with van der Waals surface area (Å²) in [6.07, 6.45) is 1.91. The van der Waals surface area contributed by atoms with E-state index in [0.29, 0.717) is 0 Å². The summed E-state index contributed by atoms with van der Waals surface area (Å²) in [7, 11) is 0. The summed E-state index contributed by atoms with van der Waals surface area (Å²) in [4.78, 5) is 11.2. The topological polar surface area (TPSA) is 17.1 Å². The molecule has 0 saturated carbocycles. The van der Waals surface area contributed by atoms with Gasteiger partial charge in [0.25, 0.3) is 0 Å². The highest BCUT2D eigenvalue weighted by molar-refractivity contribution is 5.97. The second-order valence-electron chi connectivity index (χ2n) is 4.37. The van der Waals surface area contributed by atoms with Gasteiger partial charge >= 0.3 is 0 Å². The molecular weight excluding hydrogens is 220 g/mol. The van der Waals surface area contributed by atoms with Gasteiger partial charge in [0.15, 0.2) is 5.78 Å². The van der Waals surface area contributed by atoms with Gasteiger partial charge in [0.2, 0.25) is 0 Å². The summed E-state index contributed by atoms with van der Waals surface area (Å²) in [5.41, 5.74) is 4.23. The molecule has 2 rings (SSSR count). The van der Waals surface area contributed by atoms with Gasteiger partial charge in [0.1, 0.15) is 0 Å². The molecular formula is C17H16O. The van der Waals surface area contributed by atoms with Crippen LogP contribution >= 0.6 is 0 Å². The Labute approximate surface area is 108 Å². The van der Waals surface area contributed by atoms with Crippen LogP contribution in [0.3, 0.4) is 0 Å². The van der Waals surface area contributed by atoms with Crippen molar-refractivity contribution in [3.05, 3.63) is 65.7 Å². The Morgan fingerprint density at radius 3 is 1.94 bits per heavy atom. The molecule has 0 amide bonds. The van der Waals surface area contributed by atoms with Crippen molar-refractivity contribution < 1.29 is 4.79 Å². The quantitative estimate of drug-likeness (QED) is 0.724. The van der Waals surface area contributed by atoms with Crippen molar-refractivity contribution in [1.82, 2.24) is 0 Å². The van der Waals surface area contributed by atoms with E-state index in [4.69, 9.17) is 0 Å². The van der Waals surface area contributed by atoms with Gasteiger partial charge in [-0.3, -0.25) is 4.79 Å². The third-order valence-corrected chi connectivity index (χ3v) is 2.96. The van der Waals surface area contributed by atoms with Gasteiger partial charge in [0, 0.05) is 0 Å². The van der Waals surface area contributed by atoms with Crippen LogP contribution in [-0.4, -0.2) is 5.78 Å². The maximum absolute atomic E-state index is 11.2. The van der Waals surface area contributed by atoms with Crippen molar-refractivity contribution in [2.75, 3.05) is 0 Å². The second-order valence-corrected chi connectivity index (χ2v) is 4.37. The minimum Gasteiger partial charge on any atom is -0.295 e. The molecule has 0 saturated heterocycles. The van der Waals surface area contributed by atoms with Gasteiger partial charge in [-0.2, -0.15) is 0 Å². The average molecular weight is 236 g/mol. The van der Waals surface area contributed by atoms with Crippen molar-refractivity contribution >= 4 is 11.9 Å². The first-order valence-electron chi connectivity index (χ1n) is 6.01. The lowest BCUT2D eigenvalue weighted by Crippen LogP contribution is -1.90. The zero-order valence-corrected chi connectivity index (χ0v) is 10.7. The first kappa shape index (κ1) is 12.3. The van der Waals surface area contributed by atoms with Crippen LogP contribution in [0.25, 0.3) is 17.2 Å². The number of Topliss-reactive ketones (excluding diaryl/α,β-unsaturated/α-hetero) is 1. The second kappa shape index (κ2) is 5.46. The van der Waals surface area contributed by atoms with Crippen LogP contribution < -0.4 is 0 Å². The lowest BCUT2D eigenvalue weighted by atomic mass is 10.0. The lowest BCUT2D eigenvalue weighted by molar-refractivity contribution is -0.113. The Morgan fingerprint density at radius 2 is 1.39 bits per heavy atom. The van der Waals surface area contributed by atoms with E-state index in [1.807, 2.05) is 43.3 Å². The van der Waals surface area contributed by atoms with E-state index in [0.717, 1.165) is 11.1 Å². The Kier molecular flexibility index (Phi) is 3.73. The molecule has 2 aromatic carbocycles. The number of hydrogen-bond donors (Lipinski definition) is 0. The highest BCUT2D eigenvalue weighted by Crippen LogP contribution is 2.20. The Morgan fingerprint density at radius 1 is 0.833 bits per heavy atom. The predicted molar refractivity (Wildman–Crippen MR) is 76.2 cm³/mol. The zero-order chi connectivity index (χ0) is 13.0. The van der Waals surface area contributed by atoms with E-state index in [9.17, 15) is 4.79 Å². The first-order chi connectivity index (χ1) is 8.66. The number of rotatable bonds is 3. The molecule has 1 nitrogen and oxygen atoms in total. The summed E-state index contributed by atoms with van der Waals surface area (Å²) in [6, 6.07) is 18.5. The van der Waals surface area contributed by atoms with Gasteiger partial charge in [0.05, 0.1) is 0 Å². The molecule has 0 aliphatic heterocycles. The average Bonchev–Trinajstić information content (AvgIpc) is 2.40. The lowest BCUT2D eigenvalue weighted by Gasteiger charge is -2.02. The zero-order valence-electron chi connectivity index (χ0n) is 10.7. The molecule has 0 fully saturated rings. The predicted octanol–water partition coefficient (Wildman–Crippen LogP) is 4.35. The number of benzene rings is 2. The Bertz CT molecular complexity index is 562. The fourth-order valence-corrected chi connectivity index (χ4v) is 1.75. The molecule has 0 aliphatic carbocycles. The summed E-state index contributed by atoms with van der Waals surface area (Å²) in [5, 5.41) is 0. The van der Waals surface area contributed by atoms with Crippen molar-refractivity contribution in [1.29, 1.82) is 0 Å². The minimum absolute atomic E-state index is 0.113. The number of ketones is 1. The van der Waals surface area contributed by atoms with Crippen LogP contribution in [0.15, 0.2) is 60.2 Å². The maximum Gasteiger partial charge on any atom is 0.155 e. The normalized spacial score (nSPS) is 11.3. The molecule has 0 aliphatic rings. The van der Waals surface area contributed by atoms with E-state index >= 15 is 0 Å². The van der Waals surface area contributed by atoms with Crippen LogP contribution in [0.4, 0.5) is 0 Å². The molecule has 0 bridgehead atoms. The summed E-state index contributed by atoms with van der Waals surface area (Å²) >= 11 is 0. The van der Waals surface area contributed by atoms with Gasteiger partial charge in [-0.1, -0.05) is 54.6 Å². The SMILES string of the molecule is CC(=O)/C(C)=C/c1ccc(-c2ccccc2)cc1. The monoisotopic (exact) mass is 236 g/mol. The molecule has 0 unspecified atom stereocenters. The summed E-state index contributed by atoms with van der Waals surface area (Å²) in [5.74, 6) is 0.113. The van der Waals surface area contributed by atoms with Crippen LogP contribution in [0.5, 0.6) is 0 Å². The van der Waals surface area contributed by atoms with E-state index in [1.165, 1.54) is 11.1 Å². The van der Waals surface area contributed by atoms with E-state index in [-0.39, 0.29) is 5.78 Å². The molecule has 90 valence electrons. The maximum atomic E-state index is 11.2. The Hall–Kier alpha value is -2.15. The number of carbonyl (C=O) groups is 1. The van der Waals surface area contributed by atoms with Crippen molar-refractivity contribution in [3.8, 4) is 11.1 Å². The molecule has 0 spiro atoms.